The van der Waals surface area contributed by atoms with Gasteiger partial charge in [0.2, 0.25) is 5.91 Å². The molecule has 2 aromatic rings. The third-order valence-corrected chi connectivity index (χ3v) is 5.25. The van der Waals surface area contributed by atoms with Gasteiger partial charge in [-0.1, -0.05) is 43.7 Å². The number of aryl methyl sites for hydroxylation is 1. The van der Waals surface area contributed by atoms with E-state index in [-0.39, 0.29) is 23.7 Å². The van der Waals surface area contributed by atoms with Crippen LogP contribution in [0.2, 0.25) is 0 Å². The van der Waals surface area contributed by atoms with Crippen molar-refractivity contribution in [2.75, 3.05) is 18.0 Å². The van der Waals surface area contributed by atoms with Crippen molar-refractivity contribution in [3.63, 3.8) is 0 Å². The molecule has 0 unspecified atom stereocenters. The Morgan fingerprint density at radius 2 is 1.81 bits per heavy atom. The van der Waals surface area contributed by atoms with Gasteiger partial charge in [0, 0.05) is 37.3 Å². The summed E-state index contributed by atoms with van der Waals surface area (Å²) in [6, 6.07) is 15.1. The molecule has 4 heteroatoms. The Balaban J connectivity index is 1.68. The maximum absolute atomic E-state index is 13.3. The number of hydrogen-bond donors (Lipinski definition) is 0. The second-order valence-corrected chi connectivity index (χ2v) is 7.84. The highest BCUT2D eigenvalue weighted by atomic mass is 19.1. The molecule has 27 heavy (non-hydrogen) atoms. The topological polar surface area (TPSA) is 23.6 Å². The lowest BCUT2D eigenvalue weighted by molar-refractivity contribution is -0.122. The first-order chi connectivity index (χ1) is 12.9. The summed E-state index contributed by atoms with van der Waals surface area (Å²) in [6.07, 6.45) is 1.86. The summed E-state index contributed by atoms with van der Waals surface area (Å²) in [5.74, 6) is -0.247. The average molecular weight is 368 g/mol. The monoisotopic (exact) mass is 368 g/mol. The van der Waals surface area contributed by atoms with Crippen molar-refractivity contribution < 1.29 is 9.18 Å². The second kappa shape index (κ2) is 8.66. The number of halogens is 1. The van der Waals surface area contributed by atoms with Crippen molar-refractivity contribution in [3.05, 3.63) is 65.5 Å². The fraction of sp³-hybridized carbons (Fsp3) is 0.435. The number of likely N-dealkylation sites (tertiary alicyclic amines) is 1. The number of nitrogens with zero attached hydrogens (tertiary/aromatic N) is 2. The molecule has 144 valence electrons. The summed E-state index contributed by atoms with van der Waals surface area (Å²) < 4.78 is 13.3. The Labute approximate surface area is 161 Å². The highest BCUT2D eigenvalue weighted by Gasteiger charge is 2.30. The molecular weight excluding hydrogens is 339 g/mol. The number of carbonyl (C=O) groups is 1. The van der Waals surface area contributed by atoms with Crippen LogP contribution in [0, 0.1) is 18.7 Å². The number of anilines is 1. The second-order valence-electron chi connectivity index (χ2n) is 7.84. The first-order valence-electron chi connectivity index (χ1n) is 9.80. The van der Waals surface area contributed by atoms with Crippen LogP contribution in [0.5, 0.6) is 0 Å². The molecule has 2 aromatic carbocycles. The van der Waals surface area contributed by atoms with Gasteiger partial charge >= 0.3 is 0 Å². The summed E-state index contributed by atoms with van der Waals surface area (Å²) in [5, 5.41) is 0. The minimum absolute atomic E-state index is 0.0830. The van der Waals surface area contributed by atoms with Crippen molar-refractivity contribution in [1.29, 1.82) is 0 Å². The summed E-state index contributed by atoms with van der Waals surface area (Å²) in [4.78, 5) is 17.2. The molecule has 1 aliphatic heterocycles. The minimum Gasteiger partial charge on any atom is -0.309 e. The number of carbonyl (C=O) groups excluding carboxylic acids is 1. The third kappa shape index (κ3) is 4.95. The van der Waals surface area contributed by atoms with Gasteiger partial charge in [-0.2, -0.15) is 0 Å². The van der Waals surface area contributed by atoms with E-state index in [1.165, 1.54) is 23.3 Å². The number of benzene rings is 2. The van der Waals surface area contributed by atoms with Gasteiger partial charge in [-0.15, -0.1) is 0 Å². The molecule has 1 heterocycles. The first-order valence-corrected chi connectivity index (χ1v) is 9.80. The smallest absolute Gasteiger partial charge is 0.229 e. The quantitative estimate of drug-likeness (QED) is 0.758. The molecule has 0 bridgehead atoms. The van der Waals surface area contributed by atoms with Crippen molar-refractivity contribution in [2.24, 2.45) is 5.92 Å². The van der Waals surface area contributed by atoms with E-state index in [4.69, 9.17) is 0 Å². The zero-order valence-electron chi connectivity index (χ0n) is 16.5. The van der Waals surface area contributed by atoms with Crippen LogP contribution >= 0.6 is 0 Å². The van der Waals surface area contributed by atoms with Gasteiger partial charge in [-0.3, -0.25) is 9.69 Å². The van der Waals surface area contributed by atoms with Crippen LogP contribution in [-0.4, -0.2) is 29.9 Å². The SMILES string of the molecule is Cc1cccc(CN2CCC(N(C(=O)C(C)C)c3ccc(F)cc3)CC2)c1. The Hall–Kier alpha value is -2.20. The molecule has 0 N–H and O–H groups in total. The third-order valence-electron chi connectivity index (χ3n) is 5.25. The molecular formula is C23H29FN2O. The van der Waals surface area contributed by atoms with Crippen LogP contribution in [-0.2, 0) is 11.3 Å². The van der Waals surface area contributed by atoms with Crippen molar-refractivity contribution in [2.45, 2.75) is 46.2 Å². The summed E-state index contributed by atoms with van der Waals surface area (Å²) >= 11 is 0. The molecule has 1 saturated heterocycles. The lowest BCUT2D eigenvalue weighted by Gasteiger charge is -2.39. The molecule has 0 aliphatic carbocycles. The molecule has 3 rings (SSSR count). The number of rotatable bonds is 5. The van der Waals surface area contributed by atoms with E-state index in [2.05, 4.69) is 36.1 Å². The van der Waals surface area contributed by atoms with Crippen LogP contribution in [0.4, 0.5) is 10.1 Å². The molecule has 0 saturated carbocycles. The Bertz CT molecular complexity index is 764. The maximum Gasteiger partial charge on any atom is 0.229 e. The lowest BCUT2D eigenvalue weighted by Crippen LogP contribution is -2.48. The molecule has 1 amide bonds. The van der Waals surface area contributed by atoms with E-state index in [9.17, 15) is 9.18 Å². The molecule has 0 spiro atoms. The molecule has 3 nitrogen and oxygen atoms in total. The van der Waals surface area contributed by atoms with Crippen molar-refractivity contribution in [3.8, 4) is 0 Å². The Morgan fingerprint density at radius 3 is 2.41 bits per heavy atom. The van der Waals surface area contributed by atoms with Gasteiger partial charge in [0.05, 0.1) is 0 Å². The van der Waals surface area contributed by atoms with Crippen molar-refractivity contribution in [1.82, 2.24) is 4.90 Å². The summed E-state index contributed by atoms with van der Waals surface area (Å²) in [6.45, 7) is 8.83. The Kier molecular flexibility index (Phi) is 6.27. The summed E-state index contributed by atoms with van der Waals surface area (Å²) in [7, 11) is 0. The standard InChI is InChI=1S/C23H29FN2O/c1-17(2)23(27)26(21-9-7-20(24)8-10-21)22-11-13-25(14-12-22)16-19-6-4-5-18(3)15-19/h4-10,15,17,22H,11-14,16H2,1-3H3. The van der Waals surface area contributed by atoms with E-state index >= 15 is 0 Å². The lowest BCUT2D eigenvalue weighted by atomic mass is 9.99. The number of amides is 1. The van der Waals surface area contributed by atoms with Gasteiger partial charge in [0.1, 0.15) is 5.82 Å². The minimum atomic E-state index is -0.274. The number of hydrogen-bond acceptors (Lipinski definition) is 2. The van der Waals surface area contributed by atoms with Crippen LogP contribution in [0.25, 0.3) is 0 Å². The van der Waals surface area contributed by atoms with Gasteiger partial charge < -0.3 is 4.90 Å². The van der Waals surface area contributed by atoms with E-state index in [1.807, 2.05) is 18.7 Å². The predicted molar refractivity (Wildman–Crippen MR) is 108 cm³/mol. The van der Waals surface area contributed by atoms with Crippen LogP contribution < -0.4 is 4.90 Å². The number of piperidine rings is 1. The Morgan fingerprint density at radius 1 is 1.15 bits per heavy atom. The molecule has 1 fully saturated rings. The molecule has 0 aromatic heterocycles. The fourth-order valence-corrected chi connectivity index (χ4v) is 3.80. The van der Waals surface area contributed by atoms with Gasteiger partial charge in [0.25, 0.3) is 0 Å². The largest absolute Gasteiger partial charge is 0.309 e. The van der Waals surface area contributed by atoms with Crippen LogP contribution in [0.3, 0.4) is 0 Å². The van der Waals surface area contributed by atoms with Gasteiger partial charge in [-0.05, 0) is 49.6 Å². The van der Waals surface area contributed by atoms with Crippen molar-refractivity contribution >= 4 is 11.6 Å². The molecule has 0 atom stereocenters. The van der Waals surface area contributed by atoms with E-state index in [0.29, 0.717) is 0 Å². The summed E-state index contributed by atoms with van der Waals surface area (Å²) in [5.41, 5.74) is 3.42. The van der Waals surface area contributed by atoms with E-state index < -0.39 is 0 Å². The fourth-order valence-electron chi connectivity index (χ4n) is 3.80. The van der Waals surface area contributed by atoms with E-state index in [1.54, 1.807) is 12.1 Å². The highest BCUT2D eigenvalue weighted by Crippen LogP contribution is 2.26. The highest BCUT2D eigenvalue weighted by molar-refractivity contribution is 5.95. The normalized spacial score (nSPS) is 15.9. The van der Waals surface area contributed by atoms with Crippen LogP contribution in [0.1, 0.15) is 37.8 Å². The van der Waals surface area contributed by atoms with Crippen LogP contribution in [0.15, 0.2) is 48.5 Å². The molecule has 1 aliphatic rings. The van der Waals surface area contributed by atoms with Gasteiger partial charge in [0.15, 0.2) is 0 Å². The maximum atomic E-state index is 13.3. The first kappa shape index (κ1) is 19.6. The average Bonchev–Trinajstić information content (AvgIpc) is 2.65. The zero-order chi connectivity index (χ0) is 19.4. The van der Waals surface area contributed by atoms with E-state index in [0.717, 1.165) is 38.2 Å². The molecule has 0 radical (unpaired) electrons. The van der Waals surface area contributed by atoms with Gasteiger partial charge in [-0.25, -0.2) is 4.39 Å². The zero-order valence-corrected chi connectivity index (χ0v) is 16.5. The predicted octanol–water partition coefficient (Wildman–Crippen LogP) is 4.79.